The monoisotopic (exact) mass is 312 g/mol. The summed E-state index contributed by atoms with van der Waals surface area (Å²) in [5, 5.41) is 4.93. The summed E-state index contributed by atoms with van der Waals surface area (Å²) in [5.41, 5.74) is 8.05. The van der Waals surface area contributed by atoms with Crippen LogP contribution in [0.3, 0.4) is 0 Å². The number of aromatic nitrogens is 2. The van der Waals surface area contributed by atoms with Crippen LogP contribution < -0.4 is 5.73 Å². The lowest BCUT2D eigenvalue weighted by molar-refractivity contribution is -0.129. The largest absolute Gasteiger partial charge is 0.350 e. The molecule has 0 fully saturated rings. The smallest absolute Gasteiger partial charge is 0.340 e. The number of carbonyl (C=O) groups excluding carboxylic acids is 2. The Hall–Kier alpha value is -2.37. The first-order valence-corrected chi connectivity index (χ1v) is 7.57. The molecule has 0 saturated heterocycles. The Balaban J connectivity index is 2.07. The molecule has 1 aliphatic rings. The molecule has 1 aliphatic heterocycles. The van der Waals surface area contributed by atoms with Crippen LogP contribution in [0.25, 0.3) is 10.9 Å². The molecular weight excluding hydrogens is 292 g/mol. The quantitative estimate of drug-likeness (QED) is 0.874. The molecule has 2 aromatic rings. The Morgan fingerprint density at radius 1 is 1.39 bits per heavy atom. The van der Waals surface area contributed by atoms with Crippen LogP contribution in [-0.2, 0) is 17.8 Å². The van der Waals surface area contributed by atoms with Gasteiger partial charge in [0.15, 0.2) is 0 Å². The Bertz CT molecular complexity index is 786. The van der Waals surface area contributed by atoms with Crippen molar-refractivity contribution in [2.75, 3.05) is 6.54 Å². The molecule has 0 bridgehead atoms. The molecule has 1 aromatic carbocycles. The van der Waals surface area contributed by atoms with Crippen LogP contribution in [0.5, 0.6) is 0 Å². The number of amides is 2. The van der Waals surface area contributed by atoms with Gasteiger partial charge in [0.1, 0.15) is 0 Å². The lowest BCUT2D eigenvalue weighted by Crippen LogP contribution is -2.36. The molecule has 6 nitrogen and oxygen atoms in total. The standard InChI is InChI=1S/C17H20N4O2/c1-17(2,3)10-20-9-13-11(5-7-15(20)22)4-6-14-12(13)8-19-21(14)16(18)23/h4,6,8H,5,9-10H2,1-3H3,(H2,18,23). The first-order chi connectivity index (χ1) is 10.8. The van der Waals surface area contributed by atoms with Crippen molar-refractivity contribution >= 4 is 22.8 Å². The third-order valence-corrected chi connectivity index (χ3v) is 3.90. The van der Waals surface area contributed by atoms with Gasteiger partial charge in [0.2, 0.25) is 5.91 Å². The minimum Gasteiger partial charge on any atom is -0.350 e. The van der Waals surface area contributed by atoms with E-state index in [0.717, 1.165) is 16.5 Å². The second-order valence-corrected chi connectivity index (χ2v) is 7.11. The molecule has 0 spiro atoms. The average Bonchev–Trinajstić information content (AvgIpc) is 2.81. The van der Waals surface area contributed by atoms with Gasteiger partial charge in [-0.15, -0.1) is 0 Å². The van der Waals surface area contributed by atoms with E-state index in [1.807, 2.05) is 12.1 Å². The third kappa shape index (κ3) is 2.93. The van der Waals surface area contributed by atoms with Gasteiger partial charge in [-0.05, 0) is 29.0 Å². The van der Waals surface area contributed by atoms with E-state index in [4.69, 9.17) is 5.73 Å². The van der Waals surface area contributed by atoms with Crippen molar-refractivity contribution in [2.24, 2.45) is 11.1 Å². The molecule has 2 heterocycles. The summed E-state index contributed by atoms with van der Waals surface area (Å²) in [7, 11) is 0. The molecule has 2 amide bonds. The summed E-state index contributed by atoms with van der Waals surface area (Å²) in [6.07, 6.45) is 5.04. The molecule has 0 saturated carbocycles. The van der Waals surface area contributed by atoms with Gasteiger partial charge in [0, 0.05) is 18.5 Å². The second-order valence-electron chi connectivity index (χ2n) is 7.11. The fraction of sp³-hybridized carbons (Fsp3) is 0.412. The molecule has 120 valence electrons. The van der Waals surface area contributed by atoms with Crippen molar-refractivity contribution in [1.82, 2.24) is 14.7 Å². The zero-order valence-electron chi connectivity index (χ0n) is 13.6. The van der Waals surface area contributed by atoms with Gasteiger partial charge in [-0.2, -0.15) is 9.78 Å². The number of nitrogens with two attached hydrogens (primary N) is 1. The van der Waals surface area contributed by atoms with Gasteiger partial charge in [-0.3, -0.25) is 4.79 Å². The number of carbonyl (C=O) groups is 2. The van der Waals surface area contributed by atoms with Crippen LogP contribution in [-0.4, -0.2) is 33.2 Å². The normalized spacial score (nSPS) is 15.6. The van der Waals surface area contributed by atoms with Gasteiger partial charge < -0.3 is 10.6 Å². The highest BCUT2D eigenvalue weighted by molar-refractivity contribution is 5.93. The minimum absolute atomic E-state index is 0.00680. The number of benzene rings is 1. The molecule has 2 radical (unpaired) electrons. The number of primary amides is 1. The number of hydrogen-bond donors (Lipinski definition) is 1. The predicted octanol–water partition coefficient (Wildman–Crippen LogP) is 1.98. The van der Waals surface area contributed by atoms with E-state index >= 15 is 0 Å². The molecule has 0 aliphatic carbocycles. The Labute approximate surface area is 135 Å². The Morgan fingerprint density at radius 2 is 2.13 bits per heavy atom. The van der Waals surface area contributed by atoms with E-state index < -0.39 is 6.03 Å². The van der Waals surface area contributed by atoms with Crippen LogP contribution in [0.4, 0.5) is 4.79 Å². The number of rotatable bonds is 1. The third-order valence-electron chi connectivity index (χ3n) is 3.90. The SMILES string of the molecule is CC(C)(C)CN1Cc2c(ccc3c2cnn3C(N)=O)C[C]C1=O. The first kappa shape index (κ1) is 15.5. The van der Waals surface area contributed by atoms with Crippen LogP contribution in [0, 0.1) is 11.8 Å². The maximum Gasteiger partial charge on any atom is 0.340 e. The summed E-state index contributed by atoms with van der Waals surface area (Å²) in [5.74, 6) is -0.0773. The summed E-state index contributed by atoms with van der Waals surface area (Å²) in [6.45, 7) is 7.41. The molecule has 0 unspecified atom stereocenters. The summed E-state index contributed by atoms with van der Waals surface area (Å²) >= 11 is 0. The van der Waals surface area contributed by atoms with Crippen molar-refractivity contribution < 1.29 is 9.59 Å². The average molecular weight is 312 g/mol. The number of hydrogen-bond acceptors (Lipinski definition) is 3. The van der Waals surface area contributed by atoms with Crippen molar-refractivity contribution in [3.63, 3.8) is 0 Å². The predicted molar refractivity (Wildman–Crippen MR) is 86.5 cm³/mol. The second kappa shape index (κ2) is 5.37. The number of nitrogens with zero attached hydrogens (tertiary/aromatic N) is 3. The molecule has 1 aromatic heterocycles. The van der Waals surface area contributed by atoms with Crippen molar-refractivity contribution in [2.45, 2.75) is 33.7 Å². The highest BCUT2D eigenvalue weighted by Gasteiger charge is 2.27. The van der Waals surface area contributed by atoms with Gasteiger partial charge in [-0.25, -0.2) is 4.79 Å². The van der Waals surface area contributed by atoms with E-state index in [1.54, 1.807) is 11.1 Å². The summed E-state index contributed by atoms with van der Waals surface area (Å²) in [6, 6.07) is 3.12. The molecular formula is C17H20N4O2. The zero-order valence-corrected chi connectivity index (χ0v) is 13.6. The van der Waals surface area contributed by atoms with Crippen molar-refractivity contribution in [1.29, 1.82) is 0 Å². The first-order valence-electron chi connectivity index (χ1n) is 7.57. The maximum absolute atomic E-state index is 12.3. The van der Waals surface area contributed by atoms with Crippen LogP contribution in [0.2, 0.25) is 0 Å². The fourth-order valence-corrected chi connectivity index (χ4v) is 2.98. The zero-order chi connectivity index (χ0) is 16.8. The van der Waals surface area contributed by atoms with E-state index in [1.165, 1.54) is 4.68 Å². The number of fused-ring (bicyclic) bond motifs is 3. The van der Waals surface area contributed by atoms with Gasteiger partial charge in [0.25, 0.3) is 0 Å². The Kier molecular flexibility index (Phi) is 3.62. The van der Waals surface area contributed by atoms with Crippen molar-refractivity contribution in [3.05, 3.63) is 35.9 Å². The van der Waals surface area contributed by atoms with Gasteiger partial charge >= 0.3 is 6.03 Å². The topological polar surface area (TPSA) is 81.2 Å². The van der Waals surface area contributed by atoms with Gasteiger partial charge in [0.05, 0.1) is 18.1 Å². The van der Waals surface area contributed by atoms with E-state index in [0.29, 0.717) is 25.0 Å². The molecule has 3 rings (SSSR count). The van der Waals surface area contributed by atoms with E-state index in [-0.39, 0.29) is 11.3 Å². The van der Waals surface area contributed by atoms with Crippen LogP contribution >= 0.6 is 0 Å². The Morgan fingerprint density at radius 3 is 2.78 bits per heavy atom. The molecule has 6 heteroatoms. The lowest BCUT2D eigenvalue weighted by atomic mass is 9.95. The summed E-state index contributed by atoms with van der Waals surface area (Å²) < 4.78 is 1.18. The maximum atomic E-state index is 12.3. The van der Waals surface area contributed by atoms with Crippen molar-refractivity contribution in [3.8, 4) is 0 Å². The highest BCUT2D eigenvalue weighted by atomic mass is 16.2. The fourth-order valence-electron chi connectivity index (χ4n) is 2.98. The van der Waals surface area contributed by atoms with E-state index in [9.17, 15) is 9.59 Å². The highest BCUT2D eigenvalue weighted by Crippen LogP contribution is 2.29. The lowest BCUT2D eigenvalue weighted by Gasteiger charge is -2.29. The van der Waals surface area contributed by atoms with Crippen LogP contribution in [0.1, 0.15) is 31.9 Å². The summed E-state index contributed by atoms with van der Waals surface area (Å²) in [4.78, 5) is 25.6. The van der Waals surface area contributed by atoms with Gasteiger partial charge in [-0.1, -0.05) is 26.8 Å². The minimum atomic E-state index is -0.616. The molecule has 23 heavy (non-hydrogen) atoms. The molecule has 2 N–H and O–H groups in total. The molecule has 0 atom stereocenters. The van der Waals surface area contributed by atoms with E-state index in [2.05, 4.69) is 32.3 Å². The van der Waals surface area contributed by atoms with Crippen LogP contribution in [0.15, 0.2) is 18.3 Å².